The summed E-state index contributed by atoms with van der Waals surface area (Å²) in [5, 5.41) is 0. The van der Waals surface area contributed by atoms with Gasteiger partial charge in [-0.15, -0.1) is 0 Å². The number of aromatic nitrogens is 3. The van der Waals surface area contributed by atoms with E-state index in [-0.39, 0.29) is 5.91 Å². The Bertz CT molecular complexity index is 1170. The standard InChI is InChI=1S/C26H28N4O2/c1-3-22-24(30-17-10-14-23(32-4-2)25(30)28-22)26(31)29(19-20-11-6-5-7-12-20)18-15-21-13-8-9-16-27-21/h5-14,16-17H,3-4,15,18-19H2,1-2H3. The summed E-state index contributed by atoms with van der Waals surface area (Å²) in [7, 11) is 0. The summed E-state index contributed by atoms with van der Waals surface area (Å²) in [5.74, 6) is 0.648. The van der Waals surface area contributed by atoms with Crippen molar-refractivity contribution in [2.24, 2.45) is 0 Å². The van der Waals surface area contributed by atoms with Crippen LogP contribution in [0.25, 0.3) is 5.65 Å². The molecule has 0 aliphatic rings. The van der Waals surface area contributed by atoms with Gasteiger partial charge in [0.1, 0.15) is 5.69 Å². The molecule has 0 saturated carbocycles. The van der Waals surface area contributed by atoms with Gasteiger partial charge in [-0.2, -0.15) is 0 Å². The third-order valence-electron chi connectivity index (χ3n) is 5.39. The number of nitrogens with zero attached hydrogens (tertiary/aromatic N) is 4. The third kappa shape index (κ3) is 4.64. The number of amides is 1. The Hall–Kier alpha value is -3.67. The minimum Gasteiger partial charge on any atom is -0.490 e. The molecule has 0 spiro atoms. The highest BCUT2D eigenvalue weighted by Crippen LogP contribution is 2.24. The Morgan fingerprint density at radius 1 is 1.03 bits per heavy atom. The van der Waals surface area contributed by atoms with E-state index in [0.717, 1.165) is 17.0 Å². The molecule has 4 rings (SSSR count). The summed E-state index contributed by atoms with van der Waals surface area (Å²) < 4.78 is 7.62. The number of pyridine rings is 2. The van der Waals surface area contributed by atoms with Gasteiger partial charge in [0, 0.05) is 37.6 Å². The maximum absolute atomic E-state index is 13.9. The molecule has 0 radical (unpaired) electrons. The lowest BCUT2D eigenvalue weighted by molar-refractivity contribution is 0.0736. The molecule has 6 nitrogen and oxygen atoms in total. The molecule has 1 aromatic carbocycles. The Morgan fingerprint density at radius 2 is 1.84 bits per heavy atom. The number of hydrogen-bond acceptors (Lipinski definition) is 4. The van der Waals surface area contributed by atoms with Gasteiger partial charge in [-0.25, -0.2) is 4.98 Å². The van der Waals surface area contributed by atoms with E-state index in [0.29, 0.717) is 49.6 Å². The number of ether oxygens (including phenoxy) is 1. The SMILES string of the molecule is CCOc1cccn2c(C(=O)N(CCc3ccccn3)Cc3ccccc3)c(CC)nc12. The van der Waals surface area contributed by atoms with Crippen LogP contribution in [-0.2, 0) is 19.4 Å². The molecule has 3 heterocycles. The van der Waals surface area contributed by atoms with Gasteiger partial charge in [0.05, 0.1) is 12.3 Å². The number of rotatable bonds is 9. The van der Waals surface area contributed by atoms with Crippen molar-refractivity contribution in [1.82, 2.24) is 19.3 Å². The van der Waals surface area contributed by atoms with E-state index in [9.17, 15) is 4.79 Å². The van der Waals surface area contributed by atoms with Gasteiger partial charge in [-0.1, -0.05) is 43.3 Å². The average molecular weight is 429 g/mol. The molecule has 1 amide bonds. The van der Waals surface area contributed by atoms with Crippen LogP contribution in [0.1, 0.15) is 41.3 Å². The molecule has 4 aromatic rings. The van der Waals surface area contributed by atoms with E-state index in [1.807, 2.05) is 90.0 Å². The largest absolute Gasteiger partial charge is 0.490 e. The van der Waals surface area contributed by atoms with Crippen LogP contribution >= 0.6 is 0 Å². The predicted octanol–water partition coefficient (Wildman–Crippen LogP) is 4.58. The van der Waals surface area contributed by atoms with Crippen molar-refractivity contribution in [2.75, 3.05) is 13.2 Å². The number of imidazole rings is 1. The van der Waals surface area contributed by atoms with Gasteiger partial charge < -0.3 is 9.64 Å². The summed E-state index contributed by atoms with van der Waals surface area (Å²) >= 11 is 0. The third-order valence-corrected chi connectivity index (χ3v) is 5.39. The zero-order valence-electron chi connectivity index (χ0n) is 18.6. The lowest BCUT2D eigenvalue weighted by Gasteiger charge is -2.23. The fourth-order valence-corrected chi connectivity index (χ4v) is 3.83. The second-order valence-electron chi connectivity index (χ2n) is 7.54. The van der Waals surface area contributed by atoms with Crippen LogP contribution in [0.3, 0.4) is 0 Å². The molecular formula is C26H28N4O2. The van der Waals surface area contributed by atoms with Crippen molar-refractivity contribution in [1.29, 1.82) is 0 Å². The molecule has 32 heavy (non-hydrogen) atoms. The second kappa shape index (κ2) is 10.1. The minimum absolute atomic E-state index is 0.0391. The molecule has 0 fully saturated rings. The van der Waals surface area contributed by atoms with Crippen LogP contribution in [0.2, 0.25) is 0 Å². The van der Waals surface area contributed by atoms with Gasteiger partial charge in [-0.05, 0) is 43.2 Å². The first-order valence-corrected chi connectivity index (χ1v) is 11.1. The van der Waals surface area contributed by atoms with Crippen LogP contribution in [-0.4, -0.2) is 38.3 Å². The maximum atomic E-state index is 13.9. The van der Waals surface area contributed by atoms with Crippen molar-refractivity contribution in [3.05, 3.63) is 95.7 Å². The number of carbonyl (C=O) groups is 1. The van der Waals surface area contributed by atoms with E-state index >= 15 is 0 Å². The molecular weight excluding hydrogens is 400 g/mol. The fourth-order valence-electron chi connectivity index (χ4n) is 3.83. The van der Waals surface area contributed by atoms with Crippen LogP contribution in [0.15, 0.2) is 73.1 Å². The molecule has 0 N–H and O–H groups in total. The highest BCUT2D eigenvalue weighted by molar-refractivity contribution is 5.95. The predicted molar refractivity (Wildman–Crippen MR) is 125 cm³/mol. The van der Waals surface area contributed by atoms with Crippen molar-refractivity contribution in [3.8, 4) is 5.75 Å². The number of aryl methyl sites for hydroxylation is 1. The van der Waals surface area contributed by atoms with Crippen molar-refractivity contribution in [3.63, 3.8) is 0 Å². The molecule has 0 saturated heterocycles. The molecule has 0 aliphatic carbocycles. The zero-order valence-corrected chi connectivity index (χ0v) is 18.6. The van der Waals surface area contributed by atoms with Crippen LogP contribution < -0.4 is 4.74 Å². The second-order valence-corrected chi connectivity index (χ2v) is 7.54. The number of benzene rings is 1. The van der Waals surface area contributed by atoms with Gasteiger partial charge in [0.2, 0.25) is 0 Å². The Labute approximate surface area is 188 Å². The Kier molecular flexibility index (Phi) is 6.80. The van der Waals surface area contributed by atoms with E-state index in [1.165, 1.54) is 0 Å². The van der Waals surface area contributed by atoms with Crippen LogP contribution in [0.5, 0.6) is 5.75 Å². The summed E-state index contributed by atoms with van der Waals surface area (Å²) in [5.41, 5.74) is 4.10. The van der Waals surface area contributed by atoms with E-state index in [2.05, 4.69) is 4.98 Å². The maximum Gasteiger partial charge on any atom is 0.273 e. The minimum atomic E-state index is -0.0391. The molecule has 0 bridgehead atoms. The topological polar surface area (TPSA) is 59.7 Å². The lowest BCUT2D eigenvalue weighted by Crippen LogP contribution is -2.34. The molecule has 0 atom stereocenters. The molecule has 0 unspecified atom stereocenters. The quantitative estimate of drug-likeness (QED) is 0.392. The number of fused-ring (bicyclic) bond motifs is 1. The first-order valence-electron chi connectivity index (χ1n) is 11.1. The normalized spacial score (nSPS) is 10.9. The summed E-state index contributed by atoms with van der Waals surface area (Å²) in [6, 6.07) is 19.7. The molecule has 6 heteroatoms. The lowest BCUT2D eigenvalue weighted by atomic mass is 10.1. The number of hydrogen-bond donors (Lipinski definition) is 0. The first kappa shape index (κ1) is 21.6. The van der Waals surface area contributed by atoms with Gasteiger partial charge in [-0.3, -0.25) is 14.2 Å². The monoisotopic (exact) mass is 428 g/mol. The van der Waals surface area contributed by atoms with Gasteiger partial charge in [0.15, 0.2) is 11.4 Å². The number of carbonyl (C=O) groups excluding carboxylic acids is 1. The fraction of sp³-hybridized carbons (Fsp3) is 0.269. The van der Waals surface area contributed by atoms with Crippen molar-refractivity contribution >= 4 is 11.6 Å². The van der Waals surface area contributed by atoms with E-state index < -0.39 is 0 Å². The summed E-state index contributed by atoms with van der Waals surface area (Å²) in [4.78, 5) is 25.0. The smallest absolute Gasteiger partial charge is 0.273 e. The zero-order chi connectivity index (χ0) is 22.3. The average Bonchev–Trinajstić information content (AvgIpc) is 3.22. The molecule has 164 valence electrons. The molecule has 0 aliphatic heterocycles. The van der Waals surface area contributed by atoms with Crippen molar-refractivity contribution in [2.45, 2.75) is 33.2 Å². The Morgan fingerprint density at radius 3 is 2.56 bits per heavy atom. The van der Waals surface area contributed by atoms with E-state index in [4.69, 9.17) is 9.72 Å². The summed E-state index contributed by atoms with van der Waals surface area (Å²) in [6.07, 6.45) is 5.01. The highest BCUT2D eigenvalue weighted by Gasteiger charge is 2.25. The van der Waals surface area contributed by atoms with Gasteiger partial charge in [0.25, 0.3) is 5.91 Å². The van der Waals surface area contributed by atoms with Gasteiger partial charge >= 0.3 is 0 Å². The van der Waals surface area contributed by atoms with E-state index in [1.54, 1.807) is 6.20 Å². The highest BCUT2D eigenvalue weighted by atomic mass is 16.5. The first-order chi connectivity index (χ1) is 15.7. The molecule has 3 aromatic heterocycles. The summed E-state index contributed by atoms with van der Waals surface area (Å²) in [6.45, 7) is 5.59. The van der Waals surface area contributed by atoms with Crippen LogP contribution in [0, 0.1) is 0 Å². The van der Waals surface area contributed by atoms with Crippen molar-refractivity contribution < 1.29 is 9.53 Å². The van der Waals surface area contributed by atoms with Crippen LogP contribution in [0.4, 0.5) is 0 Å². The Balaban J connectivity index is 1.71.